The van der Waals surface area contributed by atoms with Crippen LogP contribution in [0.3, 0.4) is 0 Å². The Morgan fingerprint density at radius 3 is 2.29 bits per heavy atom. The molecule has 0 aliphatic rings. The molecule has 0 aliphatic heterocycles. The number of carbonyl (C=O) groups excluding carboxylic acids is 1. The molecule has 1 aromatic heterocycles. The first-order chi connectivity index (χ1) is 13.2. The normalized spacial score (nSPS) is 12.4. The highest BCUT2D eigenvalue weighted by Gasteiger charge is 2.25. The lowest BCUT2D eigenvalue weighted by atomic mass is 10.1. The topological polar surface area (TPSA) is 55.2 Å². The number of carbonyl (C=O) groups is 1. The molecule has 1 heterocycles. The van der Waals surface area contributed by atoms with Crippen molar-refractivity contribution in [3.05, 3.63) is 75.7 Å². The zero-order valence-electron chi connectivity index (χ0n) is 16.1. The number of halogens is 2. The molecular weight excluding hydrogens is 364 g/mol. The average Bonchev–Trinajstić information content (AvgIpc) is 2.68. The Labute approximate surface area is 161 Å². The predicted molar refractivity (Wildman–Crippen MR) is 103 cm³/mol. The van der Waals surface area contributed by atoms with E-state index in [9.17, 15) is 18.4 Å². The Balaban J connectivity index is 2.08. The van der Waals surface area contributed by atoms with Crippen LogP contribution < -0.4 is 5.56 Å². The van der Waals surface area contributed by atoms with Crippen molar-refractivity contribution in [2.75, 3.05) is 7.05 Å². The van der Waals surface area contributed by atoms with Crippen LogP contribution in [0.25, 0.3) is 10.8 Å². The van der Waals surface area contributed by atoms with Gasteiger partial charge < -0.3 is 4.90 Å². The molecule has 5 nitrogen and oxygen atoms in total. The van der Waals surface area contributed by atoms with Crippen LogP contribution in [0.2, 0.25) is 0 Å². The van der Waals surface area contributed by atoms with Crippen molar-refractivity contribution in [2.45, 2.75) is 32.9 Å². The van der Waals surface area contributed by atoms with E-state index >= 15 is 0 Å². The Hall–Kier alpha value is -3.09. The molecule has 3 rings (SSSR count). The van der Waals surface area contributed by atoms with Gasteiger partial charge in [0.25, 0.3) is 11.5 Å². The quantitative estimate of drug-likeness (QED) is 0.680. The van der Waals surface area contributed by atoms with E-state index in [2.05, 4.69) is 5.10 Å². The molecular formula is C21H21F2N3O2. The van der Waals surface area contributed by atoms with Crippen LogP contribution in [0, 0.1) is 11.6 Å². The number of amides is 1. The second kappa shape index (κ2) is 7.50. The first-order valence-electron chi connectivity index (χ1n) is 8.96. The van der Waals surface area contributed by atoms with E-state index in [4.69, 9.17) is 0 Å². The molecule has 0 saturated heterocycles. The third-order valence-corrected chi connectivity index (χ3v) is 4.85. The van der Waals surface area contributed by atoms with E-state index in [1.165, 1.54) is 15.6 Å². The van der Waals surface area contributed by atoms with E-state index in [0.29, 0.717) is 16.3 Å². The van der Waals surface area contributed by atoms with Crippen molar-refractivity contribution >= 4 is 16.7 Å². The van der Waals surface area contributed by atoms with Crippen molar-refractivity contribution in [1.29, 1.82) is 0 Å². The van der Waals surface area contributed by atoms with Gasteiger partial charge in [-0.2, -0.15) is 5.10 Å². The molecule has 0 bridgehead atoms. The molecule has 0 aliphatic carbocycles. The van der Waals surface area contributed by atoms with E-state index in [-0.39, 0.29) is 17.3 Å². The molecule has 0 spiro atoms. The summed E-state index contributed by atoms with van der Waals surface area (Å²) in [6, 6.07) is 9.60. The van der Waals surface area contributed by atoms with Crippen molar-refractivity contribution in [3.63, 3.8) is 0 Å². The van der Waals surface area contributed by atoms with Crippen LogP contribution >= 0.6 is 0 Å². The van der Waals surface area contributed by atoms with Crippen LogP contribution in [0.15, 0.2) is 47.3 Å². The summed E-state index contributed by atoms with van der Waals surface area (Å²) in [5.74, 6) is -2.33. The van der Waals surface area contributed by atoms with Gasteiger partial charge in [0.05, 0.1) is 17.5 Å². The third kappa shape index (κ3) is 3.40. The summed E-state index contributed by atoms with van der Waals surface area (Å²) in [5.41, 5.74) is 0.329. The lowest BCUT2D eigenvalue weighted by molar-refractivity contribution is 0.0735. The molecule has 7 heteroatoms. The summed E-state index contributed by atoms with van der Waals surface area (Å²) in [6.45, 7) is 5.33. The Kier molecular flexibility index (Phi) is 5.27. The van der Waals surface area contributed by atoms with E-state index in [1.54, 1.807) is 38.2 Å². The first kappa shape index (κ1) is 19.7. The fourth-order valence-electron chi connectivity index (χ4n) is 3.05. The van der Waals surface area contributed by atoms with Gasteiger partial charge in [0.15, 0.2) is 17.3 Å². The van der Waals surface area contributed by atoms with Gasteiger partial charge in [-0.1, -0.05) is 24.3 Å². The van der Waals surface area contributed by atoms with Crippen LogP contribution in [0.4, 0.5) is 8.78 Å². The summed E-state index contributed by atoms with van der Waals surface area (Å²) < 4.78 is 28.1. The summed E-state index contributed by atoms with van der Waals surface area (Å²) in [5, 5.41) is 5.17. The number of nitrogens with zero attached hydrogens (tertiary/aromatic N) is 3. The molecule has 1 amide bonds. The zero-order valence-corrected chi connectivity index (χ0v) is 16.1. The Morgan fingerprint density at radius 2 is 1.68 bits per heavy atom. The standard InChI is InChI=1S/C21H21F2N3O2/c1-12(2)26-20(27)16-8-6-5-7-15(16)19(24-26)21(28)25(4)13(3)14-9-10-17(22)18(23)11-14/h5-13H,1-4H3. The minimum atomic E-state index is -0.970. The highest BCUT2D eigenvalue weighted by molar-refractivity contribution is 6.04. The number of hydrogen-bond acceptors (Lipinski definition) is 3. The lowest BCUT2D eigenvalue weighted by Gasteiger charge is -2.26. The van der Waals surface area contributed by atoms with Crippen LogP contribution in [-0.4, -0.2) is 27.6 Å². The van der Waals surface area contributed by atoms with Crippen molar-refractivity contribution in [2.24, 2.45) is 0 Å². The first-order valence-corrected chi connectivity index (χ1v) is 8.96. The molecule has 146 valence electrons. The Bertz CT molecular complexity index is 1110. The number of rotatable bonds is 4. The van der Waals surface area contributed by atoms with Gasteiger partial charge in [-0.25, -0.2) is 13.5 Å². The van der Waals surface area contributed by atoms with Crippen LogP contribution in [0.5, 0.6) is 0 Å². The molecule has 0 fully saturated rings. The molecule has 1 atom stereocenters. The van der Waals surface area contributed by atoms with Gasteiger partial charge in [0, 0.05) is 12.4 Å². The molecule has 1 unspecified atom stereocenters. The van der Waals surface area contributed by atoms with Gasteiger partial charge in [0.1, 0.15) is 0 Å². The van der Waals surface area contributed by atoms with E-state index in [0.717, 1.165) is 12.1 Å². The van der Waals surface area contributed by atoms with E-state index in [1.807, 2.05) is 13.8 Å². The maximum absolute atomic E-state index is 13.6. The molecule has 3 aromatic rings. The second-order valence-corrected chi connectivity index (χ2v) is 7.00. The molecule has 2 aromatic carbocycles. The minimum Gasteiger partial charge on any atom is -0.334 e. The second-order valence-electron chi connectivity index (χ2n) is 7.00. The maximum Gasteiger partial charge on any atom is 0.275 e. The predicted octanol–water partition coefficient (Wildman–Crippen LogP) is 4.09. The van der Waals surface area contributed by atoms with E-state index < -0.39 is 23.6 Å². The fourth-order valence-corrected chi connectivity index (χ4v) is 3.05. The number of benzene rings is 2. The number of hydrogen-bond donors (Lipinski definition) is 0. The largest absolute Gasteiger partial charge is 0.334 e. The molecule has 28 heavy (non-hydrogen) atoms. The van der Waals surface area contributed by atoms with Gasteiger partial charge in [-0.3, -0.25) is 9.59 Å². The van der Waals surface area contributed by atoms with Crippen LogP contribution in [0.1, 0.15) is 48.9 Å². The number of fused-ring (bicyclic) bond motifs is 1. The fraction of sp³-hybridized carbons (Fsp3) is 0.286. The summed E-state index contributed by atoms with van der Waals surface area (Å²) in [6.07, 6.45) is 0. The monoisotopic (exact) mass is 385 g/mol. The van der Waals surface area contributed by atoms with Gasteiger partial charge in [-0.15, -0.1) is 0 Å². The van der Waals surface area contributed by atoms with Gasteiger partial charge in [-0.05, 0) is 44.5 Å². The van der Waals surface area contributed by atoms with Gasteiger partial charge >= 0.3 is 0 Å². The van der Waals surface area contributed by atoms with Crippen molar-refractivity contribution < 1.29 is 13.6 Å². The lowest BCUT2D eigenvalue weighted by Crippen LogP contribution is -2.34. The highest BCUT2D eigenvalue weighted by Crippen LogP contribution is 2.24. The summed E-state index contributed by atoms with van der Waals surface area (Å²) >= 11 is 0. The molecule has 0 radical (unpaired) electrons. The van der Waals surface area contributed by atoms with Gasteiger partial charge in [0.2, 0.25) is 0 Å². The number of aromatic nitrogens is 2. The molecule has 0 saturated carbocycles. The molecule has 0 N–H and O–H groups in total. The van der Waals surface area contributed by atoms with Crippen LogP contribution in [-0.2, 0) is 0 Å². The maximum atomic E-state index is 13.6. The SMILES string of the molecule is CC(c1ccc(F)c(F)c1)N(C)C(=O)c1nn(C(C)C)c(=O)c2ccccc12. The van der Waals surface area contributed by atoms with Crippen molar-refractivity contribution in [1.82, 2.24) is 14.7 Å². The minimum absolute atomic E-state index is 0.140. The highest BCUT2D eigenvalue weighted by atomic mass is 19.2. The summed E-state index contributed by atoms with van der Waals surface area (Å²) in [4.78, 5) is 27.2. The van der Waals surface area contributed by atoms with Crippen molar-refractivity contribution in [3.8, 4) is 0 Å². The zero-order chi connectivity index (χ0) is 20.6. The summed E-state index contributed by atoms with van der Waals surface area (Å²) in [7, 11) is 1.57. The smallest absolute Gasteiger partial charge is 0.275 e. The Morgan fingerprint density at radius 1 is 1.04 bits per heavy atom. The third-order valence-electron chi connectivity index (χ3n) is 4.85. The average molecular weight is 385 g/mol.